The van der Waals surface area contributed by atoms with Crippen molar-refractivity contribution >= 4 is 11.0 Å². The highest BCUT2D eigenvalue weighted by atomic mass is 19.1. The fourth-order valence-corrected chi connectivity index (χ4v) is 1.23. The number of hydrogen-bond donors (Lipinski definition) is 2. The Hall–Kier alpha value is -1.42. The van der Waals surface area contributed by atoms with Crippen LogP contribution in [0.25, 0.3) is 11.0 Å². The van der Waals surface area contributed by atoms with Gasteiger partial charge in [-0.3, -0.25) is 0 Å². The van der Waals surface area contributed by atoms with Crippen molar-refractivity contribution in [1.82, 2.24) is 9.97 Å². The van der Waals surface area contributed by atoms with Gasteiger partial charge in [-0.1, -0.05) is 6.07 Å². The van der Waals surface area contributed by atoms with E-state index in [2.05, 4.69) is 9.97 Å². The zero-order valence-electron chi connectivity index (χ0n) is 7.21. The number of nitrogens with zero attached hydrogens (tertiary/aromatic N) is 1. The smallest absolute Gasteiger partial charge is 0.151 e. The molecule has 0 aliphatic heterocycles. The van der Waals surface area contributed by atoms with Crippen molar-refractivity contribution in [2.45, 2.75) is 13.0 Å². The summed E-state index contributed by atoms with van der Waals surface area (Å²) < 4.78 is 13.1. The highest BCUT2D eigenvalue weighted by Gasteiger charge is 2.08. The molecule has 3 nitrogen and oxygen atoms in total. The minimum absolute atomic E-state index is 0.202. The predicted octanol–water partition coefficient (Wildman–Crippen LogP) is 1.72. The number of hydrogen-bond acceptors (Lipinski definition) is 2. The molecule has 4 heteroatoms. The van der Waals surface area contributed by atoms with Crippen molar-refractivity contribution < 1.29 is 4.39 Å². The van der Waals surface area contributed by atoms with E-state index in [1.807, 2.05) is 0 Å². The monoisotopic (exact) mass is 179 g/mol. The lowest BCUT2D eigenvalue weighted by atomic mass is 10.3. The van der Waals surface area contributed by atoms with Crippen LogP contribution in [0.3, 0.4) is 0 Å². The van der Waals surface area contributed by atoms with E-state index in [1.165, 1.54) is 6.07 Å². The van der Waals surface area contributed by atoms with E-state index in [-0.39, 0.29) is 11.9 Å². The molecule has 0 spiro atoms. The van der Waals surface area contributed by atoms with Crippen molar-refractivity contribution in [3.63, 3.8) is 0 Å². The number of para-hydroxylation sites is 1. The first kappa shape index (κ1) is 8.19. The van der Waals surface area contributed by atoms with E-state index in [1.54, 1.807) is 19.1 Å². The third kappa shape index (κ3) is 1.29. The van der Waals surface area contributed by atoms with Crippen LogP contribution in [0.4, 0.5) is 4.39 Å². The standard InChI is InChI=1S/C9H10FN3/c1-5(11)9-12-7-4-2-3-6(10)8(7)13-9/h2-5H,11H2,1H3,(H,12,13). The number of rotatable bonds is 1. The number of imidazole rings is 1. The van der Waals surface area contributed by atoms with Crippen LogP contribution in [-0.4, -0.2) is 9.97 Å². The first-order valence-corrected chi connectivity index (χ1v) is 4.08. The summed E-state index contributed by atoms with van der Waals surface area (Å²) in [5.41, 5.74) is 6.66. The van der Waals surface area contributed by atoms with E-state index >= 15 is 0 Å². The number of halogens is 1. The average Bonchev–Trinajstić information content (AvgIpc) is 2.49. The summed E-state index contributed by atoms with van der Waals surface area (Å²) in [6, 6.07) is 4.60. The molecule has 0 fully saturated rings. The Balaban J connectivity index is 2.68. The maximum atomic E-state index is 13.1. The first-order valence-electron chi connectivity index (χ1n) is 4.08. The summed E-state index contributed by atoms with van der Waals surface area (Å²) in [4.78, 5) is 7.02. The maximum Gasteiger partial charge on any atom is 0.151 e. The number of H-pyrrole nitrogens is 1. The molecule has 0 bridgehead atoms. The zero-order valence-corrected chi connectivity index (χ0v) is 7.21. The summed E-state index contributed by atoms with van der Waals surface area (Å²) in [5, 5.41) is 0. The predicted molar refractivity (Wildman–Crippen MR) is 48.7 cm³/mol. The molecule has 1 aromatic carbocycles. The van der Waals surface area contributed by atoms with Crippen LogP contribution in [0.2, 0.25) is 0 Å². The molecule has 1 aromatic heterocycles. The van der Waals surface area contributed by atoms with Gasteiger partial charge in [0.15, 0.2) is 5.82 Å². The zero-order chi connectivity index (χ0) is 9.42. The maximum absolute atomic E-state index is 13.1. The summed E-state index contributed by atoms with van der Waals surface area (Å²) >= 11 is 0. The topological polar surface area (TPSA) is 54.7 Å². The van der Waals surface area contributed by atoms with Gasteiger partial charge in [0.25, 0.3) is 0 Å². The number of aromatic amines is 1. The van der Waals surface area contributed by atoms with Crippen LogP contribution in [0.15, 0.2) is 18.2 Å². The van der Waals surface area contributed by atoms with Crippen LogP contribution in [-0.2, 0) is 0 Å². The van der Waals surface area contributed by atoms with Crippen molar-refractivity contribution in [1.29, 1.82) is 0 Å². The molecule has 0 aliphatic carbocycles. The molecule has 0 amide bonds. The molecule has 0 saturated carbocycles. The fraction of sp³-hybridized carbons (Fsp3) is 0.222. The van der Waals surface area contributed by atoms with Crippen LogP contribution >= 0.6 is 0 Å². The lowest BCUT2D eigenvalue weighted by Gasteiger charge is -1.96. The SMILES string of the molecule is CC(N)c1nc2c(F)cccc2[nH]1. The lowest BCUT2D eigenvalue weighted by molar-refractivity contribution is 0.636. The van der Waals surface area contributed by atoms with E-state index in [9.17, 15) is 4.39 Å². The van der Waals surface area contributed by atoms with Crippen molar-refractivity contribution in [3.8, 4) is 0 Å². The number of aromatic nitrogens is 2. The minimum atomic E-state index is -0.319. The van der Waals surface area contributed by atoms with Gasteiger partial charge in [-0.05, 0) is 19.1 Å². The molecular formula is C9H10FN3. The van der Waals surface area contributed by atoms with Gasteiger partial charge in [0.05, 0.1) is 11.6 Å². The Kier molecular flexibility index (Phi) is 1.77. The lowest BCUT2D eigenvalue weighted by Crippen LogP contribution is -2.06. The Morgan fingerprint density at radius 2 is 2.31 bits per heavy atom. The average molecular weight is 179 g/mol. The van der Waals surface area contributed by atoms with E-state index in [0.717, 1.165) is 0 Å². The highest BCUT2D eigenvalue weighted by Crippen LogP contribution is 2.16. The third-order valence-electron chi connectivity index (χ3n) is 1.91. The molecule has 1 unspecified atom stereocenters. The number of nitrogens with one attached hydrogen (secondary N) is 1. The van der Waals surface area contributed by atoms with Crippen molar-refractivity contribution in [3.05, 3.63) is 29.8 Å². The molecule has 0 saturated heterocycles. The Labute approximate surface area is 74.8 Å². The third-order valence-corrected chi connectivity index (χ3v) is 1.91. The van der Waals surface area contributed by atoms with Gasteiger partial charge >= 0.3 is 0 Å². The van der Waals surface area contributed by atoms with Gasteiger partial charge < -0.3 is 10.7 Å². The van der Waals surface area contributed by atoms with Crippen LogP contribution < -0.4 is 5.73 Å². The van der Waals surface area contributed by atoms with Gasteiger partial charge in [0.2, 0.25) is 0 Å². The van der Waals surface area contributed by atoms with Gasteiger partial charge in [-0.25, -0.2) is 9.37 Å². The summed E-state index contributed by atoms with van der Waals surface area (Å²) in [6.45, 7) is 1.80. The number of nitrogens with two attached hydrogens (primary N) is 1. The highest BCUT2D eigenvalue weighted by molar-refractivity contribution is 5.75. The first-order chi connectivity index (χ1) is 6.18. The second-order valence-corrected chi connectivity index (χ2v) is 3.05. The minimum Gasteiger partial charge on any atom is -0.341 e. The number of fused-ring (bicyclic) bond motifs is 1. The summed E-state index contributed by atoms with van der Waals surface area (Å²) in [6.07, 6.45) is 0. The molecule has 3 N–H and O–H groups in total. The van der Waals surface area contributed by atoms with E-state index in [0.29, 0.717) is 16.9 Å². The Morgan fingerprint density at radius 1 is 1.54 bits per heavy atom. The quantitative estimate of drug-likeness (QED) is 0.700. The fourth-order valence-electron chi connectivity index (χ4n) is 1.23. The molecule has 0 radical (unpaired) electrons. The van der Waals surface area contributed by atoms with E-state index < -0.39 is 0 Å². The normalized spacial score (nSPS) is 13.5. The molecule has 2 rings (SSSR count). The van der Waals surface area contributed by atoms with Gasteiger partial charge in [-0.2, -0.15) is 0 Å². The van der Waals surface area contributed by atoms with Crippen LogP contribution in [0.1, 0.15) is 18.8 Å². The van der Waals surface area contributed by atoms with Crippen molar-refractivity contribution in [2.24, 2.45) is 5.73 Å². The summed E-state index contributed by atoms with van der Waals surface area (Å²) in [5.74, 6) is 0.292. The van der Waals surface area contributed by atoms with Crippen LogP contribution in [0, 0.1) is 5.82 Å². The second kappa shape index (κ2) is 2.81. The van der Waals surface area contributed by atoms with E-state index in [4.69, 9.17) is 5.73 Å². The largest absolute Gasteiger partial charge is 0.341 e. The van der Waals surface area contributed by atoms with Gasteiger partial charge in [-0.15, -0.1) is 0 Å². The molecule has 1 heterocycles. The molecule has 68 valence electrons. The molecule has 1 atom stereocenters. The number of benzene rings is 1. The van der Waals surface area contributed by atoms with Crippen LogP contribution in [0.5, 0.6) is 0 Å². The molecule has 2 aromatic rings. The van der Waals surface area contributed by atoms with Crippen molar-refractivity contribution in [2.75, 3.05) is 0 Å². The Bertz CT molecular complexity index is 433. The summed E-state index contributed by atoms with van der Waals surface area (Å²) in [7, 11) is 0. The Morgan fingerprint density at radius 3 is 2.92 bits per heavy atom. The second-order valence-electron chi connectivity index (χ2n) is 3.05. The molecule has 0 aliphatic rings. The molecular weight excluding hydrogens is 169 g/mol. The molecule has 13 heavy (non-hydrogen) atoms. The van der Waals surface area contributed by atoms with Gasteiger partial charge in [0, 0.05) is 0 Å². The van der Waals surface area contributed by atoms with Gasteiger partial charge in [0.1, 0.15) is 11.3 Å².